The average Bonchev–Trinajstić information content (AvgIpc) is 2.38. The van der Waals surface area contributed by atoms with Gasteiger partial charge in [0, 0.05) is 35.2 Å². The zero-order valence-corrected chi connectivity index (χ0v) is 11.3. The summed E-state index contributed by atoms with van der Waals surface area (Å²) in [7, 11) is 1.79. The molecule has 0 bridgehead atoms. The third-order valence-corrected chi connectivity index (χ3v) is 3.79. The number of nitrogens with two attached hydrogens (primary N) is 1. The van der Waals surface area contributed by atoms with Crippen LogP contribution in [0.3, 0.4) is 0 Å². The molecule has 1 aromatic carbocycles. The van der Waals surface area contributed by atoms with Gasteiger partial charge in [0.25, 0.3) is 0 Å². The van der Waals surface area contributed by atoms with E-state index in [4.69, 9.17) is 10.5 Å². The van der Waals surface area contributed by atoms with Crippen molar-refractivity contribution in [2.45, 2.75) is 6.04 Å². The van der Waals surface area contributed by atoms with Crippen LogP contribution < -0.4 is 15.8 Å². The van der Waals surface area contributed by atoms with Crippen molar-refractivity contribution in [2.24, 2.45) is 5.73 Å². The van der Waals surface area contributed by atoms with Gasteiger partial charge in [-0.3, -0.25) is 9.00 Å². The quantitative estimate of drug-likeness (QED) is 0.773. The Morgan fingerprint density at radius 1 is 1.50 bits per heavy atom. The summed E-state index contributed by atoms with van der Waals surface area (Å²) in [5.74, 6) is 0.621. The van der Waals surface area contributed by atoms with Crippen LogP contribution in [0.25, 0.3) is 0 Å². The Morgan fingerprint density at radius 3 is 2.78 bits per heavy atom. The van der Waals surface area contributed by atoms with Gasteiger partial charge < -0.3 is 15.8 Å². The van der Waals surface area contributed by atoms with Gasteiger partial charge in [-0.2, -0.15) is 0 Å². The van der Waals surface area contributed by atoms with Crippen LogP contribution >= 0.6 is 0 Å². The molecule has 0 fully saturated rings. The molecule has 0 aliphatic rings. The maximum atomic E-state index is 11.7. The molecule has 2 atom stereocenters. The highest BCUT2D eigenvalue weighted by molar-refractivity contribution is 7.85. The molecular formula is C12H18N2O3S. The molecule has 1 rings (SSSR count). The number of rotatable bonds is 6. The molecule has 0 saturated carbocycles. The molecule has 0 aromatic heterocycles. The number of nitrogens with one attached hydrogen (secondary N) is 1. The van der Waals surface area contributed by atoms with E-state index in [1.807, 2.05) is 18.2 Å². The smallest absolute Gasteiger partial charge is 0.232 e. The molecule has 3 N–H and O–H groups in total. The summed E-state index contributed by atoms with van der Waals surface area (Å²) in [5.41, 5.74) is 6.78. The molecule has 18 heavy (non-hydrogen) atoms. The highest BCUT2D eigenvalue weighted by Gasteiger charge is 2.16. The normalized spacial score (nSPS) is 13.7. The molecule has 6 heteroatoms. The molecule has 2 unspecified atom stereocenters. The fourth-order valence-corrected chi connectivity index (χ4v) is 2.67. The van der Waals surface area contributed by atoms with Crippen LogP contribution in [-0.4, -0.2) is 35.8 Å². The number of methoxy groups -OCH3 is 1. The maximum absolute atomic E-state index is 11.7. The molecule has 0 spiro atoms. The van der Waals surface area contributed by atoms with Crippen molar-refractivity contribution in [3.63, 3.8) is 0 Å². The first kappa shape index (κ1) is 14.7. The van der Waals surface area contributed by atoms with E-state index in [9.17, 15) is 9.00 Å². The number of para-hydroxylation sites is 1. The van der Waals surface area contributed by atoms with Crippen LogP contribution in [0.2, 0.25) is 0 Å². The van der Waals surface area contributed by atoms with Gasteiger partial charge in [-0.1, -0.05) is 18.2 Å². The van der Waals surface area contributed by atoms with E-state index in [0.29, 0.717) is 5.75 Å². The summed E-state index contributed by atoms with van der Waals surface area (Å²) in [5, 5.41) is 2.43. The Labute approximate surface area is 109 Å². The number of amides is 1. The molecule has 1 amide bonds. The van der Waals surface area contributed by atoms with E-state index in [0.717, 1.165) is 5.56 Å². The zero-order valence-electron chi connectivity index (χ0n) is 10.5. The number of hydrogen-bond donors (Lipinski definition) is 2. The van der Waals surface area contributed by atoms with Gasteiger partial charge in [0.1, 0.15) is 11.5 Å². The van der Waals surface area contributed by atoms with Gasteiger partial charge in [-0.15, -0.1) is 0 Å². The lowest BCUT2D eigenvalue weighted by Gasteiger charge is -2.15. The third-order valence-electron chi connectivity index (χ3n) is 2.47. The topological polar surface area (TPSA) is 81.4 Å². The number of carbonyl (C=O) groups excluding carboxylic acids is 1. The molecule has 1 aromatic rings. The third kappa shape index (κ3) is 4.12. The highest BCUT2D eigenvalue weighted by atomic mass is 32.2. The van der Waals surface area contributed by atoms with E-state index in [2.05, 4.69) is 5.32 Å². The first-order chi connectivity index (χ1) is 8.58. The molecule has 0 aliphatic carbocycles. The van der Waals surface area contributed by atoms with Crippen LogP contribution in [0.1, 0.15) is 11.6 Å². The zero-order chi connectivity index (χ0) is 13.5. The van der Waals surface area contributed by atoms with Gasteiger partial charge in [-0.25, -0.2) is 0 Å². The monoisotopic (exact) mass is 270 g/mol. The predicted octanol–water partition coefficient (Wildman–Crippen LogP) is 0.190. The molecule has 0 radical (unpaired) electrons. The van der Waals surface area contributed by atoms with E-state index in [1.54, 1.807) is 13.2 Å². The Morgan fingerprint density at radius 2 is 2.17 bits per heavy atom. The summed E-state index contributed by atoms with van der Waals surface area (Å²) in [6, 6.07) is 6.92. The van der Waals surface area contributed by atoms with Gasteiger partial charge in [0.2, 0.25) is 5.91 Å². The maximum Gasteiger partial charge on any atom is 0.232 e. The van der Waals surface area contributed by atoms with Gasteiger partial charge >= 0.3 is 0 Å². The second-order valence-electron chi connectivity index (χ2n) is 3.77. The van der Waals surface area contributed by atoms with Crippen LogP contribution in [0.5, 0.6) is 5.75 Å². The summed E-state index contributed by atoms with van der Waals surface area (Å²) in [6.07, 6.45) is 0. The second kappa shape index (κ2) is 7.13. The largest absolute Gasteiger partial charge is 0.496 e. The van der Waals surface area contributed by atoms with Crippen molar-refractivity contribution < 1.29 is 13.7 Å². The molecule has 0 heterocycles. The minimum absolute atomic E-state index is 0.0284. The number of hydrogen-bond acceptors (Lipinski definition) is 4. The van der Waals surface area contributed by atoms with Crippen molar-refractivity contribution in [3.8, 4) is 5.75 Å². The second-order valence-corrected chi connectivity index (χ2v) is 5.27. The Balaban J connectivity index is 2.67. The van der Waals surface area contributed by atoms with Crippen molar-refractivity contribution in [1.82, 2.24) is 5.32 Å². The lowest BCUT2D eigenvalue weighted by Crippen LogP contribution is -2.28. The molecule has 0 aliphatic heterocycles. The van der Waals surface area contributed by atoms with Crippen LogP contribution in [0.4, 0.5) is 0 Å². The number of carbonyl (C=O) groups is 1. The average molecular weight is 270 g/mol. The van der Waals surface area contributed by atoms with E-state index < -0.39 is 16.8 Å². The molecular weight excluding hydrogens is 252 g/mol. The Kier molecular flexibility index (Phi) is 5.80. The fourth-order valence-electron chi connectivity index (χ4n) is 1.54. The highest BCUT2D eigenvalue weighted by Crippen LogP contribution is 2.23. The minimum Gasteiger partial charge on any atom is -0.496 e. The predicted molar refractivity (Wildman–Crippen MR) is 71.9 cm³/mol. The number of benzene rings is 1. The SMILES string of the molecule is CNC(=O)CS(=O)CC(N)c1ccccc1OC. The van der Waals surface area contributed by atoms with E-state index in [-0.39, 0.29) is 17.4 Å². The fraction of sp³-hybridized carbons (Fsp3) is 0.417. The Hall–Kier alpha value is -1.40. The summed E-state index contributed by atoms with van der Waals surface area (Å²) >= 11 is 0. The summed E-state index contributed by atoms with van der Waals surface area (Å²) in [6.45, 7) is 0. The summed E-state index contributed by atoms with van der Waals surface area (Å²) < 4.78 is 16.9. The van der Waals surface area contributed by atoms with E-state index in [1.165, 1.54) is 7.05 Å². The first-order valence-electron chi connectivity index (χ1n) is 5.52. The van der Waals surface area contributed by atoms with Crippen LogP contribution in [0, 0.1) is 0 Å². The van der Waals surface area contributed by atoms with Gasteiger partial charge in [0.15, 0.2) is 0 Å². The Bertz CT molecular complexity index is 437. The minimum atomic E-state index is -1.28. The van der Waals surface area contributed by atoms with Crippen LogP contribution in [0.15, 0.2) is 24.3 Å². The van der Waals surface area contributed by atoms with Crippen molar-refractivity contribution in [2.75, 3.05) is 25.7 Å². The van der Waals surface area contributed by atoms with Gasteiger partial charge in [-0.05, 0) is 6.07 Å². The standard InChI is InChI=1S/C12H18N2O3S/c1-14-12(15)8-18(16)7-10(13)9-5-3-4-6-11(9)17-2/h3-6,10H,7-8,13H2,1-2H3,(H,14,15). The molecule has 0 saturated heterocycles. The molecule has 100 valence electrons. The van der Waals surface area contributed by atoms with Crippen LogP contribution in [-0.2, 0) is 15.6 Å². The van der Waals surface area contributed by atoms with E-state index >= 15 is 0 Å². The van der Waals surface area contributed by atoms with Crippen molar-refractivity contribution in [1.29, 1.82) is 0 Å². The lowest BCUT2D eigenvalue weighted by atomic mass is 10.1. The number of ether oxygens (including phenoxy) is 1. The summed E-state index contributed by atoms with van der Waals surface area (Å²) in [4.78, 5) is 11.1. The molecule has 5 nitrogen and oxygen atoms in total. The first-order valence-corrected chi connectivity index (χ1v) is 7.01. The van der Waals surface area contributed by atoms with Gasteiger partial charge in [0.05, 0.1) is 7.11 Å². The van der Waals surface area contributed by atoms with Crippen molar-refractivity contribution >= 4 is 16.7 Å². The van der Waals surface area contributed by atoms with Crippen molar-refractivity contribution in [3.05, 3.63) is 29.8 Å². The lowest BCUT2D eigenvalue weighted by molar-refractivity contribution is -0.118.